The summed E-state index contributed by atoms with van der Waals surface area (Å²) >= 11 is 0. The minimum Gasteiger partial charge on any atom is -0.477 e. The van der Waals surface area contributed by atoms with Crippen LogP contribution in [0, 0.1) is 0 Å². The van der Waals surface area contributed by atoms with E-state index in [1.165, 1.54) is 135 Å². The number of ether oxygens (including phenoxy) is 3. The molecule has 8 heteroatoms. The summed E-state index contributed by atoms with van der Waals surface area (Å²) in [5.41, 5.74) is 0. The summed E-state index contributed by atoms with van der Waals surface area (Å²) < 4.78 is 17.3. The average molecular weight is 779 g/mol. The number of carbonyl (C=O) groups excluding carboxylic acids is 2. The van der Waals surface area contributed by atoms with Gasteiger partial charge < -0.3 is 23.8 Å². The van der Waals surface area contributed by atoms with E-state index in [1.54, 1.807) is 0 Å². The summed E-state index contributed by atoms with van der Waals surface area (Å²) in [5.74, 6) is -1.46. The molecule has 0 heterocycles. The molecule has 0 aromatic carbocycles. The number of aliphatic carboxylic acids is 1. The molecule has 1 N–H and O–H groups in total. The second-order valence-electron chi connectivity index (χ2n) is 16.7. The Morgan fingerprint density at radius 2 is 0.945 bits per heavy atom. The fourth-order valence-corrected chi connectivity index (χ4v) is 6.79. The van der Waals surface area contributed by atoms with Crippen LogP contribution < -0.4 is 0 Å². The van der Waals surface area contributed by atoms with Crippen molar-refractivity contribution in [2.75, 3.05) is 41.0 Å². The molecule has 55 heavy (non-hydrogen) atoms. The Kier molecular flexibility index (Phi) is 37.1. The fourth-order valence-electron chi connectivity index (χ4n) is 6.79. The van der Waals surface area contributed by atoms with Crippen molar-refractivity contribution in [3.05, 3.63) is 24.3 Å². The molecule has 0 aromatic heterocycles. The number of carboxylic acid groups (broad SMARTS) is 1. The monoisotopic (exact) mass is 779 g/mol. The first-order valence-electron chi connectivity index (χ1n) is 22.9. The number of hydrogen-bond donors (Lipinski definition) is 1. The Balaban J connectivity index is 4.26. The minimum absolute atomic E-state index is 0.0480. The van der Waals surface area contributed by atoms with Gasteiger partial charge in [0.2, 0.25) is 0 Å². The molecule has 2 atom stereocenters. The second-order valence-corrected chi connectivity index (χ2v) is 16.7. The number of hydrogen-bond acceptors (Lipinski definition) is 6. The summed E-state index contributed by atoms with van der Waals surface area (Å²) in [6, 6.07) is -0.612. The van der Waals surface area contributed by atoms with Gasteiger partial charge in [-0.15, -0.1) is 0 Å². The summed E-state index contributed by atoms with van der Waals surface area (Å²) in [6.07, 6.45) is 42.1. The lowest BCUT2D eigenvalue weighted by Gasteiger charge is -2.31. The van der Waals surface area contributed by atoms with E-state index >= 15 is 0 Å². The number of nitrogens with zero attached hydrogens (tertiary/aromatic N) is 1. The first kappa shape index (κ1) is 52.8. The third-order valence-corrected chi connectivity index (χ3v) is 10.4. The van der Waals surface area contributed by atoms with E-state index in [4.69, 9.17) is 14.2 Å². The van der Waals surface area contributed by atoms with Gasteiger partial charge in [0.25, 0.3) is 0 Å². The lowest BCUT2D eigenvalue weighted by molar-refractivity contribution is -0.887. The van der Waals surface area contributed by atoms with E-state index in [9.17, 15) is 19.5 Å². The molecule has 0 aromatic rings. The van der Waals surface area contributed by atoms with Gasteiger partial charge in [0.15, 0.2) is 12.1 Å². The van der Waals surface area contributed by atoms with Crippen molar-refractivity contribution in [1.29, 1.82) is 0 Å². The molecule has 0 aliphatic carbocycles. The maximum Gasteiger partial charge on any atom is 0.362 e. The molecule has 0 rings (SSSR count). The van der Waals surface area contributed by atoms with E-state index < -0.39 is 18.1 Å². The molecular weight excluding hydrogens is 691 g/mol. The van der Waals surface area contributed by atoms with Crippen molar-refractivity contribution in [1.82, 2.24) is 0 Å². The molecule has 2 unspecified atom stereocenters. The van der Waals surface area contributed by atoms with Gasteiger partial charge in [-0.25, -0.2) is 4.79 Å². The maximum absolute atomic E-state index is 12.7. The van der Waals surface area contributed by atoms with Crippen molar-refractivity contribution in [3.8, 4) is 0 Å². The van der Waals surface area contributed by atoms with Gasteiger partial charge in [-0.1, -0.05) is 173 Å². The number of carboxylic acids is 1. The molecule has 0 fully saturated rings. The zero-order valence-corrected chi connectivity index (χ0v) is 36.6. The molecule has 0 bridgehead atoms. The van der Waals surface area contributed by atoms with E-state index in [0.29, 0.717) is 19.3 Å². The number of likely N-dealkylation sites (N-methyl/N-ethyl adjacent to an activating group) is 1. The number of quaternary nitrogens is 1. The second kappa shape index (κ2) is 38.7. The third-order valence-electron chi connectivity index (χ3n) is 10.4. The molecule has 322 valence electrons. The van der Waals surface area contributed by atoms with Gasteiger partial charge in [0.1, 0.15) is 6.61 Å². The Bertz CT molecular complexity index is 957. The molecule has 0 amide bonds. The lowest BCUT2D eigenvalue weighted by atomic mass is 10.1. The molecule has 0 aliphatic rings. The predicted molar refractivity (Wildman–Crippen MR) is 229 cm³/mol. The molecular formula is C47H88NO7+. The van der Waals surface area contributed by atoms with Crippen LogP contribution in [0.3, 0.4) is 0 Å². The minimum atomic E-state index is -0.874. The summed E-state index contributed by atoms with van der Waals surface area (Å²) in [4.78, 5) is 36.9. The van der Waals surface area contributed by atoms with Crippen molar-refractivity contribution < 1.29 is 38.2 Å². The SMILES string of the molecule is CCCCCC/C=C/C=C/CCCCCCCCCCCCC(=O)OC(COCCC(C(=O)O)[N+](C)(C)C)COC(=O)CCCCCCCCCCCCC. The Morgan fingerprint density at radius 3 is 1.38 bits per heavy atom. The van der Waals surface area contributed by atoms with Gasteiger partial charge in [-0.3, -0.25) is 9.59 Å². The highest BCUT2D eigenvalue weighted by molar-refractivity contribution is 5.72. The number of esters is 2. The van der Waals surface area contributed by atoms with Gasteiger partial charge >= 0.3 is 17.9 Å². The van der Waals surface area contributed by atoms with Gasteiger partial charge in [0, 0.05) is 19.3 Å². The lowest BCUT2D eigenvalue weighted by Crippen LogP contribution is -2.50. The van der Waals surface area contributed by atoms with Crippen molar-refractivity contribution in [3.63, 3.8) is 0 Å². The molecule has 0 spiro atoms. The smallest absolute Gasteiger partial charge is 0.362 e. The third kappa shape index (κ3) is 37.2. The van der Waals surface area contributed by atoms with Crippen LogP contribution in [0.2, 0.25) is 0 Å². The van der Waals surface area contributed by atoms with Gasteiger partial charge in [0.05, 0.1) is 34.4 Å². The zero-order chi connectivity index (χ0) is 40.7. The molecule has 8 nitrogen and oxygen atoms in total. The Hall–Kier alpha value is -2.19. The van der Waals surface area contributed by atoms with Gasteiger partial charge in [-0.2, -0.15) is 0 Å². The van der Waals surface area contributed by atoms with Crippen LogP contribution in [0.4, 0.5) is 0 Å². The highest BCUT2D eigenvalue weighted by Crippen LogP contribution is 2.15. The first-order chi connectivity index (χ1) is 26.6. The largest absolute Gasteiger partial charge is 0.477 e. The van der Waals surface area contributed by atoms with Crippen molar-refractivity contribution >= 4 is 17.9 Å². The zero-order valence-electron chi connectivity index (χ0n) is 36.6. The van der Waals surface area contributed by atoms with E-state index in [1.807, 2.05) is 21.1 Å². The Morgan fingerprint density at radius 1 is 0.545 bits per heavy atom. The topological polar surface area (TPSA) is 99.1 Å². The average Bonchev–Trinajstić information content (AvgIpc) is 3.14. The normalized spacial score (nSPS) is 13.1. The van der Waals surface area contributed by atoms with Crippen LogP contribution in [0.5, 0.6) is 0 Å². The molecule has 0 radical (unpaired) electrons. The summed E-state index contributed by atoms with van der Waals surface area (Å²) in [5, 5.41) is 9.62. The van der Waals surface area contributed by atoms with E-state index in [0.717, 1.165) is 38.5 Å². The summed E-state index contributed by atoms with van der Waals surface area (Å²) in [6.45, 7) is 4.72. The van der Waals surface area contributed by atoms with Crippen LogP contribution >= 0.6 is 0 Å². The number of unbranched alkanes of at least 4 members (excludes halogenated alkanes) is 24. The van der Waals surface area contributed by atoms with Crippen LogP contribution in [0.25, 0.3) is 0 Å². The van der Waals surface area contributed by atoms with Gasteiger partial charge in [-0.05, 0) is 38.5 Å². The number of rotatable bonds is 41. The van der Waals surface area contributed by atoms with Crippen LogP contribution in [0.1, 0.15) is 206 Å². The standard InChI is InChI=1S/C47H87NO7/c1-6-8-10-12-14-16-18-19-20-21-22-23-24-25-26-28-30-32-34-36-38-46(50)55-43(41-53-40-39-44(47(51)52)48(3,4)5)42-54-45(49)37-35-33-31-29-27-17-15-13-11-9-7-2/h16,18-20,43-44H,6-15,17,21-42H2,1-5H3/p+1/b18-16+,20-19+. The van der Waals surface area contributed by atoms with Crippen LogP contribution in [0.15, 0.2) is 24.3 Å². The molecule has 0 saturated carbocycles. The summed E-state index contributed by atoms with van der Waals surface area (Å²) in [7, 11) is 5.53. The molecule has 0 saturated heterocycles. The number of carbonyl (C=O) groups is 3. The van der Waals surface area contributed by atoms with Crippen molar-refractivity contribution in [2.24, 2.45) is 0 Å². The first-order valence-corrected chi connectivity index (χ1v) is 22.9. The predicted octanol–water partition coefficient (Wildman–Crippen LogP) is 12.5. The van der Waals surface area contributed by atoms with E-state index in [-0.39, 0.29) is 36.2 Å². The quantitative estimate of drug-likeness (QED) is 0.0285. The molecule has 0 aliphatic heterocycles. The highest BCUT2D eigenvalue weighted by atomic mass is 16.6. The highest BCUT2D eigenvalue weighted by Gasteiger charge is 2.31. The maximum atomic E-state index is 12.7. The Labute approximate surface area is 339 Å². The van der Waals surface area contributed by atoms with E-state index in [2.05, 4.69) is 38.2 Å². The van der Waals surface area contributed by atoms with Crippen LogP contribution in [-0.4, -0.2) is 80.6 Å². The van der Waals surface area contributed by atoms with Crippen LogP contribution in [-0.2, 0) is 28.6 Å². The van der Waals surface area contributed by atoms with Crippen molar-refractivity contribution in [2.45, 2.75) is 219 Å². The fraction of sp³-hybridized carbons (Fsp3) is 0.851. The number of allylic oxidation sites excluding steroid dienone is 4.